The summed E-state index contributed by atoms with van der Waals surface area (Å²) in [5, 5.41) is 4.44. The zero-order chi connectivity index (χ0) is 9.97. The quantitative estimate of drug-likeness (QED) is 0.760. The van der Waals surface area contributed by atoms with Crippen LogP contribution in [0.25, 0.3) is 10.9 Å². The lowest BCUT2D eigenvalue weighted by Gasteiger charge is -1.95. The molecule has 2 N–H and O–H groups in total. The predicted molar refractivity (Wildman–Crippen MR) is 60.4 cm³/mol. The van der Waals surface area contributed by atoms with Gasteiger partial charge in [0.1, 0.15) is 0 Å². The van der Waals surface area contributed by atoms with Crippen LogP contribution in [0.3, 0.4) is 0 Å². The second-order valence-electron chi connectivity index (χ2n) is 3.60. The maximum atomic E-state index is 3.41. The van der Waals surface area contributed by atoms with Crippen LogP contribution < -0.4 is 5.32 Å². The first kappa shape index (κ1) is 9.28. The molecule has 1 aromatic carbocycles. The third kappa shape index (κ3) is 1.66. The van der Waals surface area contributed by atoms with Crippen LogP contribution in [0.2, 0.25) is 0 Å². The number of hydrogen-bond acceptors (Lipinski definition) is 1. The Bertz CT molecular complexity index is 429. The summed E-state index contributed by atoms with van der Waals surface area (Å²) in [4.78, 5) is 3.41. The van der Waals surface area contributed by atoms with E-state index < -0.39 is 0 Å². The average molecular weight is 188 g/mol. The molecular weight excluding hydrogens is 172 g/mol. The van der Waals surface area contributed by atoms with E-state index in [-0.39, 0.29) is 0 Å². The summed E-state index contributed by atoms with van der Waals surface area (Å²) in [5.41, 5.74) is 3.88. The number of H-pyrrole nitrogens is 1. The number of nitrogens with one attached hydrogen (secondary N) is 2. The fraction of sp³-hybridized carbons (Fsp3) is 0.333. The molecule has 0 amide bonds. The molecule has 0 aliphatic carbocycles. The number of benzene rings is 1. The Labute approximate surface area is 84.3 Å². The van der Waals surface area contributed by atoms with Gasteiger partial charge in [0.15, 0.2) is 0 Å². The number of aryl methyl sites for hydroxylation is 1. The van der Waals surface area contributed by atoms with Crippen molar-refractivity contribution in [2.75, 3.05) is 7.05 Å². The molecule has 0 radical (unpaired) electrons. The van der Waals surface area contributed by atoms with Gasteiger partial charge >= 0.3 is 0 Å². The van der Waals surface area contributed by atoms with E-state index in [4.69, 9.17) is 0 Å². The van der Waals surface area contributed by atoms with Gasteiger partial charge in [-0.2, -0.15) is 0 Å². The number of fused-ring (bicyclic) bond motifs is 1. The molecule has 2 aromatic rings. The van der Waals surface area contributed by atoms with Crippen LogP contribution >= 0.6 is 0 Å². The molecule has 0 saturated heterocycles. The molecule has 2 nitrogen and oxygen atoms in total. The van der Waals surface area contributed by atoms with Crippen LogP contribution in [0.5, 0.6) is 0 Å². The third-order valence-corrected chi connectivity index (χ3v) is 2.52. The van der Waals surface area contributed by atoms with Gasteiger partial charge in [-0.3, -0.25) is 0 Å². The van der Waals surface area contributed by atoms with Crippen molar-refractivity contribution < 1.29 is 0 Å². The number of aromatic amines is 1. The minimum absolute atomic E-state index is 0.899. The monoisotopic (exact) mass is 188 g/mol. The second kappa shape index (κ2) is 3.84. The van der Waals surface area contributed by atoms with Gasteiger partial charge in [0, 0.05) is 17.8 Å². The molecule has 74 valence electrons. The molecule has 0 unspecified atom stereocenters. The van der Waals surface area contributed by atoms with Crippen LogP contribution in [0, 0.1) is 0 Å². The Morgan fingerprint density at radius 2 is 2.14 bits per heavy atom. The first-order valence-electron chi connectivity index (χ1n) is 5.08. The van der Waals surface area contributed by atoms with Crippen molar-refractivity contribution in [1.29, 1.82) is 0 Å². The molecular formula is C12H16N2. The van der Waals surface area contributed by atoms with Crippen LogP contribution in [0.4, 0.5) is 0 Å². The molecule has 0 bridgehead atoms. The number of hydrogen-bond donors (Lipinski definition) is 2. The van der Waals surface area contributed by atoms with E-state index in [0.29, 0.717) is 0 Å². The van der Waals surface area contributed by atoms with E-state index in [1.165, 1.54) is 22.2 Å². The molecule has 14 heavy (non-hydrogen) atoms. The molecule has 1 heterocycles. The second-order valence-corrected chi connectivity index (χ2v) is 3.60. The molecule has 0 saturated carbocycles. The summed E-state index contributed by atoms with van der Waals surface area (Å²) in [6.45, 7) is 3.08. The highest BCUT2D eigenvalue weighted by molar-refractivity contribution is 5.81. The van der Waals surface area contributed by atoms with Crippen molar-refractivity contribution in [3.63, 3.8) is 0 Å². The van der Waals surface area contributed by atoms with Crippen molar-refractivity contribution in [2.45, 2.75) is 19.9 Å². The summed E-state index contributed by atoms with van der Waals surface area (Å²) >= 11 is 0. The predicted octanol–water partition coefficient (Wildman–Crippen LogP) is 2.45. The van der Waals surface area contributed by atoms with E-state index in [0.717, 1.165) is 13.0 Å². The van der Waals surface area contributed by atoms with E-state index in [9.17, 15) is 0 Å². The minimum atomic E-state index is 0.899. The number of aromatic nitrogens is 1. The minimum Gasteiger partial charge on any atom is -0.357 e. The summed E-state index contributed by atoms with van der Waals surface area (Å²) in [6, 6.07) is 8.81. The highest BCUT2D eigenvalue weighted by Crippen LogP contribution is 2.17. The lowest BCUT2D eigenvalue weighted by Crippen LogP contribution is -2.04. The molecule has 2 heteroatoms. The van der Waals surface area contributed by atoms with Crippen LogP contribution in [-0.2, 0) is 13.0 Å². The first-order chi connectivity index (χ1) is 6.83. The summed E-state index contributed by atoms with van der Waals surface area (Å²) in [6.07, 6.45) is 1.09. The number of rotatable bonds is 3. The smallest absolute Gasteiger partial charge is 0.0459 e. The fourth-order valence-corrected chi connectivity index (χ4v) is 1.74. The Hall–Kier alpha value is -1.28. The fourth-order valence-electron chi connectivity index (χ4n) is 1.74. The molecule has 0 fully saturated rings. The van der Waals surface area contributed by atoms with Gasteiger partial charge in [-0.1, -0.05) is 19.1 Å². The summed E-state index contributed by atoms with van der Waals surface area (Å²) in [7, 11) is 1.96. The third-order valence-electron chi connectivity index (χ3n) is 2.52. The van der Waals surface area contributed by atoms with Crippen molar-refractivity contribution >= 4 is 10.9 Å². The lowest BCUT2D eigenvalue weighted by atomic mass is 10.1. The van der Waals surface area contributed by atoms with Crippen molar-refractivity contribution in [3.8, 4) is 0 Å². The van der Waals surface area contributed by atoms with Gasteiger partial charge in [-0.15, -0.1) is 0 Å². The average Bonchev–Trinajstić information content (AvgIpc) is 2.59. The Morgan fingerprint density at radius 1 is 1.29 bits per heavy atom. The van der Waals surface area contributed by atoms with E-state index in [1.807, 2.05) is 7.05 Å². The zero-order valence-electron chi connectivity index (χ0n) is 8.72. The highest BCUT2D eigenvalue weighted by Gasteiger charge is 2.00. The maximum Gasteiger partial charge on any atom is 0.0459 e. The largest absolute Gasteiger partial charge is 0.357 e. The molecule has 2 rings (SSSR count). The Morgan fingerprint density at radius 3 is 2.86 bits per heavy atom. The Balaban J connectivity index is 2.43. The van der Waals surface area contributed by atoms with E-state index in [1.54, 1.807) is 0 Å². The van der Waals surface area contributed by atoms with Gasteiger partial charge in [0.25, 0.3) is 0 Å². The molecule has 0 atom stereocenters. The topological polar surface area (TPSA) is 27.8 Å². The van der Waals surface area contributed by atoms with Crippen LogP contribution in [0.1, 0.15) is 18.2 Å². The highest BCUT2D eigenvalue weighted by atomic mass is 14.9. The van der Waals surface area contributed by atoms with Gasteiger partial charge in [0.05, 0.1) is 0 Å². The van der Waals surface area contributed by atoms with Gasteiger partial charge < -0.3 is 10.3 Å². The van der Waals surface area contributed by atoms with Gasteiger partial charge in [0.2, 0.25) is 0 Å². The molecule has 0 aliphatic rings. The van der Waals surface area contributed by atoms with Crippen molar-refractivity contribution in [3.05, 3.63) is 35.5 Å². The molecule has 1 aromatic heterocycles. The molecule has 0 spiro atoms. The molecule has 0 aliphatic heterocycles. The summed E-state index contributed by atoms with van der Waals surface area (Å²) in [5.74, 6) is 0. The maximum absolute atomic E-state index is 3.41. The normalized spacial score (nSPS) is 11.0. The van der Waals surface area contributed by atoms with E-state index >= 15 is 0 Å². The Kier molecular flexibility index (Phi) is 2.55. The van der Waals surface area contributed by atoms with E-state index in [2.05, 4.69) is 41.5 Å². The summed E-state index contributed by atoms with van der Waals surface area (Å²) < 4.78 is 0. The first-order valence-corrected chi connectivity index (χ1v) is 5.08. The van der Waals surface area contributed by atoms with Gasteiger partial charge in [-0.05, 0) is 36.6 Å². The SMILES string of the molecule is CCc1ccc2cc(CNC)[nH]c2c1. The zero-order valence-corrected chi connectivity index (χ0v) is 8.72. The van der Waals surface area contributed by atoms with Gasteiger partial charge in [-0.25, -0.2) is 0 Å². The van der Waals surface area contributed by atoms with Crippen molar-refractivity contribution in [2.24, 2.45) is 0 Å². The lowest BCUT2D eigenvalue weighted by molar-refractivity contribution is 0.799. The standard InChI is InChI=1S/C12H16N2/c1-3-9-4-5-10-7-11(8-13-2)14-12(10)6-9/h4-7,13-14H,3,8H2,1-2H3. The van der Waals surface area contributed by atoms with Crippen molar-refractivity contribution in [1.82, 2.24) is 10.3 Å². The van der Waals surface area contributed by atoms with Crippen LogP contribution in [0.15, 0.2) is 24.3 Å². The van der Waals surface area contributed by atoms with Crippen LogP contribution in [-0.4, -0.2) is 12.0 Å².